The molecule has 0 N–H and O–H groups in total. The van der Waals surface area contributed by atoms with Crippen molar-refractivity contribution >= 4 is 28.8 Å². The molecule has 0 aromatic heterocycles. The van der Waals surface area contributed by atoms with Crippen LogP contribution in [0.2, 0.25) is 0 Å². The standard InChI is InChI=1S/C15H23NO4S/c1-10(9-21-11(2)17)13(18)16-8-6-7-12(16)14(19)20-15(3,4)5/h12H,1,6-9H2,2-5H3/t12-/m0/s1. The maximum Gasteiger partial charge on any atom is 0.329 e. The predicted octanol–water partition coefficient (Wildman–Crippen LogP) is 2.16. The summed E-state index contributed by atoms with van der Waals surface area (Å²) in [7, 11) is 0. The molecule has 0 spiro atoms. The van der Waals surface area contributed by atoms with E-state index < -0.39 is 11.6 Å². The van der Waals surface area contributed by atoms with Crippen molar-refractivity contribution in [3.05, 3.63) is 12.2 Å². The smallest absolute Gasteiger partial charge is 0.329 e. The van der Waals surface area contributed by atoms with Crippen molar-refractivity contribution in [3.8, 4) is 0 Å². The number of thioether (sulfide) groups is 1. The number of esters is 1. The number of hydrogen-bond acceptors (Lipinski definition) is 5. The highest BCUT2D eigenvalue weighted by molar-refractivity contribution is 8.13. The highest BCUT2D eigenvalue weighted by atomic mass is 32.2. The van der Waals surface area contributed by atoms with Gasteiger partial charge in [0.2, 0.25) is 0 Å². The fraction of sp³-hybridized carbons (Fsp3) is 0.667. The molecule has 0 unspecified atom stereocenters. The molecule has 1 amide bonds. The van der Waals surface area contributed by atoms with E-state index >= 15 is 0 Å². The Labute approximate surface area is 130 Å². The second-order valence-electron chi connectivity index (χ2n) is 6.07. The summed E-state index contributed by atoms with van der Waals surface area (Å²) >= 11 is 1.04. The third kappa shape index (κ3) is 5.53. The molecule has 1 saturated heterocycles. The van der Waals surface area contributed by atoms with E-state index in [2.05, 4.69) is 6.58 Å². The van der Waals surface area contributed by atoms with Crippen LogP contribution in [-0.2, 0) is 19.1 Å². The molecule has 5 nitrogen and oxygen atoms in total. The Morgan fingerprint density at radius 2 is 1.95 bits per heavy atom. The average Bonchev–Trinajstić information content (AvgIpc) is 2.81. The van der Waals surface area contributed by atoms with Crippen molar-refractivity contribution in [1.82, 2.24) is 4.90 Å². The lowest BCUT2D eigenvalue weighted by Gasteiger charge is -2.27. The van der Waals surface area contributed by atoms with Crippen molar-refractivity contribution in [1.29, 1.82) is 0 Å². The number of likely N-dealkylation sites (tertiary alicyclic amines) is 1. The third-order valence-electron chi connectivity index (χ3n) is 2.94. The molecule has 1 aliphatic rings. The third-order valence-corrected chi connectivity index (χ3v) is 3.84. The van der Waals surface area contributed by atoms with Gasteiger partial charge >= 0.3 is 5.97 Å². The van der Waals surface area contributed by atoms with Gasteiger partial charge in [-0.2, -0.15) is 0 Å². The summed E-state index contributed by atoms with van der Waals surface area (Å²) < 4.78 is 5.36. The molecule has 1 heterocycles. The first-order valence-corrected chi connectivity index (χ1v) is 7.95. The van der Waals surface area contributed by atoms with Gasteiger partial charge in [0.25, 0.3) is 5.91 Å². The van der Waals surface area contributed by atoms with Crippen molar-refractivity contribution in [2.45, 2.75) is 52.2 Å². The van der Waals surface area contributed by atoms with Crippen molar-refractivity contribution in [2.24, 2.45) is 0 Å². The summed E-state index contributed by atoms with van der Waals surface area (Å²) in [5.41, 5.74) is -0.235. The maximum absolute atomic E-state index is 12.3. The SMILES string of the molecule is C=C(CSC(C)=O)C(=O)N1CCC[C@H]1C(=O)OC(C)(C)C. The van der Waals surface area contributed by atoms with E-state index in [4.69, 9.17) is 4.74 Å². The van der Waals surface area contributed by atoms with Crippen LogP contribution in [0.3, 0.4) is 0 Å². The molecule has 1 rings (SSSR count). The second-order valence-corrected chi connectivity index (χ2v) is 7.23. The molecule has 1 aliphatic heterocycles. The molecule has 21 heavy (non-hydrogen) atoms. The van der Waals surface area contributed by atoms with Crippen LogP contribution in [0.15, 0.2) is 12.2 Å². The summed E-state index contributed by atoms with van der Waals surface area (Å²) in [4.78, 5) is 36.9. The van der Waals surface area contributed by atoms with Gasteiger partial charge in [0.1, 0.15) is 11.6 Å². The second kappa shape index (κ2) is 7.11. The normalized spacial score (nSPS) is 18.5. The monoisotopic (exact) mass is 313 g/mol. The fourth-order valence-electron chi connectivity index (χ4n) is 2.08. The van der Waals surface area contributed by atoms with E-state index in [-0.39, 0.29) is 22.7 Å². The van der Waals surface area contributed by atoms with Gasteiger partial charge < -0.3 is 9.64 Å². The number of carbonyl (C=O) groups excluding carboxylic acids is 3. The molecule has 0 radical (unpaired) electrons. The van der Waals surface area contributed by atoms with Crippen LogP contribution in [0.5, 0.6) is 0 Å². The number of rotatable bonds is 4. The highest BCUT2D eigenvalue weighted by Crippen LogP contribution is 2.23. The molecule has 118 valence electrons. The highest BCUT2D eigenvalue weighted by Gasteiger charge is 2.37. The van der Waals surface area contributed by atoms with E-state index in [9.17, 15) is 14.4 Å². The van der Waals surface area contributed by atoms with Crippen LogP contribution < -0.4 is 0 Å². The molecule has 0 saturated carbocycles. The maximum atomic E-state index is 12.3. The largest absolute Gasteiger partial charge is 0.458 e. The van der Waals surface area contributed by atoms with Gasteiger partial charge in [0, 0.05) is 24.8 Å². The lowest BCUT2D eigenvalue weighted by atomic mass is 10.1. The minimum Gasteiger partial charge on any atom is -0.458 e. The first-order chi connectivity index (χ1) is 9.61. The van der Waals surface area contributed by atoms with Crippen LogP contribution >= 0.6 is 11.8 Å². The minimum absolute atomic E-state index is 0.0611. The zero-order chi connectivity index (χ0) is 16.2. The van der Waals surface area contributed by atoms with Crippen molar-refractivity contribution in [3.63, 3.8) is 0 Å². The fourth-order valence-corrected chi connectivity index (χ4v) is 2.58. The van der Waals surface area contributed by atoms with E-state index in [1.807, 2.05) is 0 Å². The topological polar surface area (TPSA) is 63.7 Å². The first kappa shape index (κ1) is 17.8. The average molecular weight is 313 g/mol. The molecular formula is C15H23NO4S. The molecule has 0 bridgehead atoms. The van der Waals surface area contributed by atoms with Gasteiger partial charge in [-0.05, 0) is 33.6 Å². The minimum atomic E-state index is -0.574. The van der Waals surface area contributed by atoms with Crippen LogP contribution in [0.25, 0.3) is 0 Å². The summed E-state index contributed by atoms with van der Waals surface area (Å²) in [6.45, 7) is 11.1. The van der Waals surface area contributed by atoms with Gasteiger partial charge in [-0.25, -0.2) is 4.79 Å². The van der Waals surface area contributed by atoms with Gasteiger partial charge in [0.15, 0.2) is 5.12 Å². The lowest BCUT2D eigenvalue weighted by Crippen LogP contribution is -2.44. The zero-order valence-corrected chi connectivity index (χ0v) is 13.9. The Bertz CT molecular complexity index is 453. The summed E-state index contributed by atoms with van der Waals surface area (Å²) in [5, 5.41) is -0.0611. The molecular weight excluding hydrogens is 290 g/mol. The van der Waals surface area contributed by atoms with Crippen molar-refractivity contribution < 1.29 is 19.1 Å². The number of amides is 1. The first-order valence-electron chi connectivity index (χ1n) is 6.97. The molecule has 6 heteroatoms. The Balaban J connectivity index is 2.68. The van der Waals surface area contributed by atoms with Gasteiger partial charge in [0.05, 0.1) is 0 Å². The molecule has 0 aromatic carbocycles. The Morgan fingerprint density at radius 3 is 2.48 bits per heavy atom. The predicted molar refractivity (Wildman–Crippen MR) is 82.9 cm³/mol. The Morgan fingerprint density at radius 1 is 1.33 bits per heavy atom. The number of carbonyl (C=O) groups is 3. The van der Waals surface area contributed by atoms with Crippen LogP contribution in [-0.4, -0.2) is 45.8 Å². The summed E-state index contributed by atoms with van der Waals surface area (Å²) in [6.07, 6.45) is 1.37. The molecule has 0 aromatic rings. The molecule has 1 atom stereocenters. The van der Waals surface area contributed by atoms with Gasteiger partial charge in [-0.3, -0.25) is 9.59 Å². The van der Waals surface area contributed by atoms with Gasteiger partial charge in [-0.1, -0.05) is 18.3 Å². The number of ether oxygens (including phenoxy) is 1. The Hall–Kier alpha value is -1.30. The van der Waals surface area contributed by atoms with Gasteiger partial charge in [-0.15, -0.1) is 0 Å². The molecule has 1 fully saturated rings. The zero-order valence-electron chi connectivity index (χ0n) is 13.1. The summed E-state index contributed by atoms with van der Waals surface area (Å²) in [6, 6.07) is -0.546. The molecule has 0 aliphatic carbocycles. The van der Waals surface area contributed by atoms with E-state index in [1.54, 1.807) is 20.8 Å². The van der Waals surface area contributed by atoms with E-state index in [0.29, 0.717) is 18.5 Å². The number of nitrogens with zero attached hydrogens (tertiary/aromatic N) is 1. The Kier molecular flexibility index (Phi) is 6.01. The van der Waals surface area contributed by atoms with Crippen LogP contribution in [0, 0.1) is 0 Å². The van der Waals surface area contributed by atoms with E-state index in [0.717, 1.165) is 18.2 Å². The van der Waals surface area contributed by atoms with Crippen LogP contribution in [0.4, 0.5) is 0 Å². The summed E-state index contributed by atoms with van der Waals surface area (Å²) in [5.74, 6) is -0.386. The van der Waals surface area contributed by atoms with Crippen LogP contribution in [0.1, 0.15) is 40.5 Å². The van der Waals surface area contributed by atoms with E-state index in [1.165, 1.54) is 11.8 Å². The number of hydrogen-bond donors (Lipinski definition) is 0. The lowest BCUT2D eigenvalue weighted by molar-refractivity contribution is -0.162. The quantitative estimate of drug-likeness (QED) is 0.588. The van der Waals surface area contributed by atoms with Crippen molar-refractivity contribution in [2.75, 3.05) is 12.3 Å².